The fourth-order valence-corrected chi connectivity index (χ4v) is 2.28. The number of nitrogens with one attached hydrogen (secondary N) is 1. The summed E-state index contributed by atoms with van der Waals surface area (Å²) >= 11 is 0. The van der Waals surface area contributed by atoms with Gasteiger partial charge in [-0.2, -0.15) is 10.1 Å². The molecule has 0 radical (unpaired) electrons. The minimum absolute atomic E-state index is 0.210. The highest BCUT2D eigenvalue weighted by Gasteiger charge is 2.19. The van der Waals surface area contributed by atoms with Gasteiger partial charge in [-0.25, -0.2) is 4.98 Å². The molecular weight excluding hydrogens is 276 g/mol. The Labute approximate surface area is 129 Å². The lowest BCUT2D eigenvalue weighted by Gasteiger charge is -2.11. The fourth-order valence-electron chi connectivity index (χ4n) is 2.28. The van der Waals surface area contributed by atoms with E-state index >= 15 is 0 Å². The first-order valence-electron chi connectivity index (χ1n) is 7.55. The van der Waals surface area contributed by atoms with Gasteiger partial charge in [0.15, 0.2) is 5.65 Å². The van der Waals surface area contributed by atoms with Crippen LogP contribution in [-0.2, 0) is 0 Å². The Morgan fingerprint density at radius 2 is 1.68 bits per heavy atom. The van der Waals surface area contributed by atoms with Crippen LogP contribution in [-0.4, -0.2) is 20.2 Å². The Bertz CT molecular complexity index is 778. The van der Waals surface area contributed by atoms with E-state index in [0.717, 1.165) is 22.7 Å². The first kappa shape index (κ1) is 14.5. The van der Waals surface area contributed by atoms with Crippen LogP contribution in [0.25, 0.3) is 11.0 Å². The Morgan fingerprint density at radius 1 is 0.955 bits per heavy atom. The van der Waals surface area contributed by atoms with E-state index in [1.54, 1.807) is 0 Å². The van der Waals surface area contributed by atoms with Gasteiger partial charge in [0.25, 0.3) is 0 Å². The zero-order chi connectivity index (χ0) is 15.7. The number of hydrogen-bond donors (Lipinski definition) is 1. The van der Waals surface area contributed by atoms with Crippen molar-refractivity contribution in [1.82, 2.24) is 20.2 Å². The van der Waals surface area contributed by atoms with Gasteiger partial charge in [-0.1, -0.05) is 45.9 Å². The second kappa shape index (κ2) is 5.75. The molecule has 0 aliphatic carbocycles. The van der Waals surface area contributed by atoms with Crippen LogP contribution in [0.4, 0.5) is 0 Å². The molecule has 2 heterocycles. The number of para-hydroxylation sites is 1. The van der Waals surface area contributed by atoms with E-state index in [0.29, 0.717) is 11.5 Å². The van der Waals surface area contributed by atoms with Crippen LogP contribution in [0, 0.1) is 0 Å². The Kier molecular flexibility index (Phi) is 3.79. The summed E-state index contributed by atoms with van der Waals surface area (Å²) in [5, 5.41) is 8.27. The SMILES string of the molecule is CC(C)c1nc(Oc2ccccc2)c2c(C(C)C)[nH]nc2n1. The molecule has 5 heteroatoms. The zero-order valence-corrected chi connectivity index (χ0v) is 13.3. The summed E-state index contributed by atoms with van der Waals surface area (Å²) < 4.78 is 6.02. The number of benzene rings is 1. The molecule has 0 atom stereocenters. The average molecular weight is 296 g/mol. The largest absolute Gasteiger partial charge is 0.438 e. The van der Waals surface area contributed by atoms with E-state index in [4.69, 9.17) is 4.74 Å². The van der Waals surface area contributed by atoms with Crippen molar-refractivity contribution in [3.05, 3.63) is 41.9 Å². The quantitative estimate of drug-likeness (QED) is 0.775. The molecule has 1 aromatic carbocycles. The van der Waals surface area contributed by atoms with Crippen LogP contribution in [0.15, 0.2) is 30.3 Å². The Hall–Kier alpha value is -2.43. The van der Waals surface area contributed by atoms with E-state index in [-0.39, 0.29) is 11.8 Å². The summed E-state index contributed by atoms with van der Waals surface area (Å²) in [7, 11) is 0. The number of H-pyrrole nitrogens is 1. The zero-order valence-electron chi connectivity index (χ0n) is 13.3. The van der Waals surface area contributed by atoms with Gasteiger partial charge in [0, 0.05) is 5.92 Å². The number of ether oxygens (including phenoxy) is 1. The lowest BCUT2D eigenvalue weighted by Crippen LogP contribution is -2.01. The topological polar surface area (TPSA) is 63.7 Å². The molecular formula is C17H20N4O. The van der Waals surface area contributed by atoms with Crippen molar-refractivity contribution in [2.75, 3.05) is 0 Å². The monoisotopic (exact) mass is 296 g/mol. The molecule has 0 amide bonds. The van der Waals surface area contributed by atoms with E-state index in [9.17, 15) is 0 Å². The van der Waals surface area contributed by atoms with Crippen LogP contribution in [0.2, 0.25) is 0 Å². The van der Waals surface area contributed by atoms with Crippen LogP contribution < -0.4 is 4.74 Å². The summed E-state index contributed by atoms with van der Waals surface area (Å²) in [5.41, 5.74) is 1.66. The number of fused-ring (bicyclic) bond motifs is 1. The number of rotatable bonds is 4. The van der Waals surface area contributed by atoms with E-state index < -0.39 is 0 Å². The molecule has 1 N–H and O–H groups in total. The molecule has 3 aromatic rings. The molecule has 0 aliphatic heterocycles. The fraction of sp³-hybridized carbons (Fsp3) is 0.353. The van der Waals surface area contributed by atoms with Crippen molar-refractivity contribution in [2.45, 2.75) is 39.5 Å². The van der Waals surface area contributed by atoms with Crippen molar-refractivity contribution < 1.29 is 4.74 Å². The summed E-state index contributed by atoms with van der Waals surface area (Å²) in [5.74, 6) is 2.56. The van der Waals surface area contributed by atoms with Crippen LogP contribution in [0.3, 0.4) is 0 Å². The number of nitrogens with zero attached hydrogens (tertiary/aromatic N) is 3. The van der Waals surface area contributed by atoms with E-state index in [1.165, 1.54) is 0 Å². The predicted molar refractivity (Wildman–Crippen MR) is 86.4 cm³/mol. The lowest BCUT2D eigenvalue weighted by atomic mass is 10.1. The van der Waals surface area contributed by atoms with E-state index in [2.05, 4.69) is 47.9 Å². The molecule has 3 rings (SSSR count). The molecule has 0 aliphatic rings. The third-order valence-corrected chi connectivity index (χ3v) is 3.48. The number of aromatic nitrogens is 4. The average Bonchev–Trinajstić information content (AvgIpc) is 2.92. The van der Waals surface area contributed by atoms with Crippen molar-refractivity contribution in [2.24, 2.45) is 0 Å². The van der Waals surface area contributed by atoms with Gasteiger partial charge in [-0.15, -0.1) is 0 Å². The maximum Gasteiger partial charge on any atom is 0.234 e. The maximum absolute atomic E-state index is 6.02. The van der Waals surface area contributed by atoms with Gasteiger partial charge in [0.1, 0.15) is 17.0 Å². The molecule has 114 valence electrons. The first-order chi connectivity index (χ1) is 10.6. The molecule has 0 spiro atoms. The smallest absolute Gasteiger partial charge is 0.234 e. The van der Waals surface area contributed by atoms with Gasteiger partial charge in [-0.05, 0) is 18.1 Å². The molecule has 0 fully saturated rings. The summed E-state index contributed by atoms with van der Waals surface area (Å²) in [4.78, 5) is 9.16. The van der Waals surface area contributed by atoms with Crippen molar-refractivity contribution in [1.29, 1.82) is 0 Å². The summed E-state index contributed by atoms with van der Waals surface area (Å²) in [6, 6.07) is 9.67. The van der Waals surface area contributed by atoms with Gasteiger partial charge in [-0.3, -0.25) is 5.10 Å². The molecule has 0 saturated heterocycles. The highest BCUT2D eigenvalue weighted by Crippen LogP contribution is 2.33. The molecule has 0 saturated carbocycles. The third kappa shape index (κ3) is 2.66. The standard InChI is InChI=1S/C17H20N4O/c1-10(2)14-13-16(21-20-14)18-15(11(3)4)19-17(13)22-12-8-6-5-7-9-12/h5-11H,1-4H3,(H,18,19,20,21). The summed E-state index contributed by atoms with van der Waals surface area (Å²) in [6.07, 6.45) is 0. The van der Waals surface area contributed by atoms with Gasteiger partial charge in [0.2, 0.25) is 5.88 Å². The highest BCUT2D eigenvalue weighted by molar-refractivity contribution is 5.84. The third-order valence-electron chi connectivity index (χ3n) is 3.48. The molecule has 5 nitrogen and oxygen atoms in total. The van der Waals surface area contributed by atoms with Crippen LogP contribution in [0.5, 0.6) is 11.6 Å². The summed E-state index contributed by atoms with van der Waals surface area (Å²) in [6.45, 7) is 8.33. The molecule has 2 aromatic heterocycles. The molecule has 0 bridgehead atoms. The molecule has 0 unspecified atom stereocenters. The van der Waals surface area contributed by atoms with Gasteiger partial charge < -0.3 is 4.74 Å². The maximum atomic E-state index is 6.02. The highest BCUT2D eigenvalue weighted by atomic mass is 16.5. The van der Waals surface area contributed by atoms with Gasteiger partial charge >= 0.3 is 0 Å². The second-order valence-electron chi connectivity index (χ2n) is 5.95. The molecule has 22 heavy (non-hydrogen) atoms. The second-order valence-corrected chi connectivity index (χ2v) is 5.95. The lowest BCUT2D eigenvalue weighted by molar-refractivity contribution is 0.463. The van der Waals surface area contributed by atoms with Gasteiger partial charge in [0.05, 0.1) is 5.69 Å². The number of hydrogen-bond acceptors (Lipinski definition) is 4. The van der Waals surface area contributed by atoms with E-state index in [1.807, 2.05) is 30.3 Å². The minimum Gasteiger partial charge on any atom is -0.438 e. The first-order valence-corrected chi connectivity index (χ1v) is 7.55. The van der Waals surface area contributed by atoms with Crippen molar-refractivity contribution in [3.8, 4) is 11.6 Å². The predicted octanol–water partition coefficient (Wildman–Crippen LogP) is 4.39. The van der Waals surface area contributed by atoms with Crippen LogP contribution >= 0.6 is 0 Å². The van der Waals surface area contributed by atoms with Crippen molar-refractivity contribution >= 4 is 11.0 Å². The number of aromatic amines is 1. The minimum atomic E-state index is 0.210. The van der Waals surface area contributed by atoms with Crippen LogP contribution in [0.1, 0.15) is 51.0 Å². The normalized spacial score (nSPS) is 11.5. The van der Waals surface area contributed by atoms with Crippen molar-refractivity contribution in [3.63, 3.8) is 0 Å². The Morgan fingerprint density at radius 3 is 2.32 bits per heavy atom. The Balaban J connectivity index is 2.17.